The van der Waals surface area contributed by atoms with Crippen LogP contribution in [-0.2, 0) is 5.75 Å². The number of nitrogens with zero attached hydrogens (tertiary/aromatic N) is 3. The van der Waals surface area contributed by atoms with Crippen LogP contribution in [0.15, 0.2) is 65.4 Å². The lowest BCUT2D eigenvalue weighted by Crippen LogP contribution is -1.85. The van der Waals surface area contributed by atoms with Crippen LogP contribution in [0.5, 0.6) is 0 Å². The standard InChI is InChI=1S/C18H13FN4S2/c19-13-6-4-12(5-7-13)16-9-21-18(23-16)25-11-14-10-24-17(22-14)15-3-1-2-8-20-15/h1-10H,11H2,(H,21,23). The fraction of sp³-hybridized carbons (Fsp3) is 0.0556. The van der Waals surface area contributed by atoms with Crippen LogP contribution in [0, 0.1) is 5.82 Å². The van der Waals surface area contributed by atoms with Gasteiger partial charge in [0.25, 0.3) is 0 Å². The highest BCUT2D eigenvalue weighted by atomic mass is 32.2. The quantitative estimate of drug-likeness (QED) is 0.502. The average molecular weight is 368 g/mol. The lowest BCUT2D eigenvalue weighted by atomic mass is 10.2. The molecule has 4 aromatic rings. The van der Waals surface area contributed by atoms with Gasteiger partial charge in [-0.2, -0.15) is 0 Å². The van der Waals surface area contributed by atoms with E-state index in [0.717, 1.165) is 38.6 Å². The first-order valence-corrected chi connectivity index (χ1v) is 9.44. The minimum Gasteiger partial charge on any atom is -0.333 e. The number of thioether (sulfide) groups is 1. The van der Waals surface area contributed by atoms with Crippen molar-refractivity contribution in [1.29, 1.82) is 0 Å². The number of hydrogen-bond acceptors (Lipinski definition) is 5. The molecule has 0 aliphatic heterocycles. The molecule has 0 saturated heterocycles. The van der Waals surface area contributed by atoms with Gasteiger partial charge in [0.1, 0.15) is 10.8 Å². The van der Waals surface area contributed by atoms with Crippen LogP contribution >= 0.6 is 23.1 Å². The van der Waals surface area contributed by atoms with E-state index in [1.807, 2.05) is 23.6 Å². The van der Waals surface area contributed by atoms with Crippen LogP contribution in [0.3, 0.4) is 0 Å². The number of imidazole rings is 1. The molecular weight excluding hydrogens is 355 g/mol. The van der Waals surface area contributed by atoms with Gasteiger partial charge >= 0.3 is 0 Å². The molecule has 0 fully saturated rings. The van der Waals surface area contributed by atoms with E-state index >= 15 is 0 Å². The van der Waals surface area contributed by atoms with Gasteiger partial charge in [-0.1, -0.05) is 17.8 Å². The van der Waals surface area contributed by atoms with Crippen molar-refractivity contribution in [2.45, 2.75) is 10.9 Å². The maximum absolute atomic E-state index is 13.0. The molecule has 0 aliphatic rings. The summed E-state index contributed by atoms with van der Waals surface area (Å²) < 4.78 is 13.0. The second-order valence-electron chi connectivity index (χ2n) is 5.26. The van der Waals surface area contributed by atoms with Crippen molar-refractivity contribution in [3.05, 3.63) is 71.7 Å². The number of nitrogens with one attached hydrogen (secondary N) is 1. The Hall–Kier alpha value is -2.51. The largest absolute Gasteiger partial charge is 0.333 e. The highest BCUT2D eigenvalue weighted by Gasteiger charge is 2.08. The predicted octanol–water partition coefficient (Wildman–Crippen LogP) is 5.03. The zero-order valence-corrected chi connectivity index (χ0v) is 14.6. The monoisotopic (exact) mass is 368 g/mol. The molecule has 0 bridgehead atoms. The fourth-order valence-electron chi connectivity index (χ4n) is 2.27. The first-order valence-electron chi connectivity index (χ1n) is 7.57. The Kier molecular flexibility index (Phi) is 4.58. The minimum atomic E-state index is -0.245. The van der Waals surface area contributed by atoms with Crippen LogP contribution < -0.4 is 0 Å². The van der Waals surface area contributed by atoms with Crippen molar-refractivity contribution in [2.24, 2.45) is 0 Å². The highest BCUT2D eigenvalue weighted by Crippen LogP contribution is 2.27. The molecule has 4 rings (SSSR count). The third-order valence-electron chi connectivity index (χ3n) is 3.50. The molecule has 1 N–H and O–H groups in total. The number of thiazole rings is 1. The van der Waals surface area contributed by atoms with Gasteiger partial charge < -0.3 is 4.98 Å². The summed E-state index contributed by atoms with van der Waals surface area (Å²) in [4.78, 5) is 16.6. The number of pyridine rings is 1. The van der Waals surface area contributed by atoms with E-state index in [9.17, 15) is 4.39 Å². The molecular formula is C18H13FN4S2. The molecule has 0 saturated carbocycles. The normalized spacial score (nSPS) is 10.9. The summed E-state index contributed by atoms with van der Waals surface area (Å²) in [6.45, 7) is 0. The van der Waals surface area contributed by atoms with E-state index < -0.39 is 0 Å². The van der Waals surface area contributed by atoms with Gasteiger partial charge in [-0.15, -0.1) is 11.3 Å². The topological polar surface area (TPSA) is 54.5 Å². The van der Waals surface area contributed by atoms with E-state index in [2.05, 4.69) is 19.9 Å². The molecule has 25 heavy (non-hydrogen) atoms. The molecule has 7 heteroatoms. The van der Waals surface area contributed by atoms with Crippen LogP contribution in [-0.4, -0.2) is 19.9 Å². The first kappa shape index (κ1) is 16.0. The Morgan fingerprint density at radius 2 is 1.96 bits per heavy atom. The van der Waals surface area contributed by atoms with Crippen molar-refractivity contribution < 1.29 is 4.39 Å². The number of H-pyrrole nitrogens is 1. The number of hydrogen-bond donors (Lipinski definition) is 1. The molecule has 0 spiro atoms. The summed E-state index contributed by atoms with van der Waals surface area (Å²) in [6.07, 6.45) is 3.53. The van der Waals surface area contributed by atoms with E-state index in [1.165, 1.54) is 12.1 Å². The van der Waals surface area contributed by atoms with Gasteiger partial charge in [0.2, 0.25) is 0 Å². The first-order chi connectivity index (χ1) is 12.3. The summed E-state index contributed by atoms with van der Waals surface area (Å²) in [5.41, 5.74) is 3.66. The fourth-order valence-corrected chi connectivity index (χ4v) is 3.92. The van der Waals surface area contributed by atoms with Gasteiger partial charge in [0.15, 0.2) is 5.16 Å². The number of aromatic amines is 1. The maximum atomic E-state index is 13.0. The summed E-state index contributed by atoms with van der Waals surface area (Å²) in [5, 5.41) is 3.77. The molecule has 124 valence electrons. The highest BCUT2D eigenvalue weighted by molar-refractivity contribution is 7.98. The van der Waals surface area contributed by atoms with Crippen LogP contribution in [0.4, 0.5) is 4.39 Å². The number of benzene rings is 1. The smallest absolute Gasteiger partial charge is 0.166 e. The SMILES string of the molecule is Fc1ccc(-c2cnc(SCc3csc(-c4ccccn4)n3)[nH]2)cc1. The minimum absolute atomic E-state index is 0.245. The lowest BCUT2D eigenvalue weighted by Gasteiger charge is -1.97. The molecule has 0 atom stereocenters. The third-order valence-corrected chi connectivity index (χ3v) is 5.33. The molecule has 0 amide bonds. The van der Waals surface area contributed by atoms with Crippen LogP contribution in [0.25, 0.3) is 22.0 Å². The van der Waals surface area contributed by atoms with Gasteiger partial charge in [-0.25, -0.2) is 14.4 Å². The van der Waals surface area contributed by atoms with Gasteiger partial charge in [0, 0.05) is 17.3 Å². The maximum Gasteiger partial charge on any atom is 0.166 e. The van der Waals surface area contributed by atoms with Gasteiger partial charge in [0.05, 0.1) is 23.3 Å². The molecule has 0 aliphatic carbocycles. The van der Waals surface area contributed by atoms with Crippen molar-refractivity contribution in [3.63, 3.8) is 0 Å². The Morgan fingerprint density at radius 3 is 2.76 bits per heavy atom. The molecule has 3 heterocycles. The van der Waals surface area contributed by atoms with Crippen molar-refractivity contribution >= 4 is 23.1 Å². The summed E-state index contributed by atoms with van der Waals surface area (Å²) in [6, 6.07) is 12.2. The lowest BCUT2D eigenvalue weighted by molar-refractivity contribution is 0.628. The van der Waals surface area contributed by atoms with Crippen molar-refractivity contribution in [1.82, 2.24) is 19.9 Å². The van der Waals surface area contributed by atoms with E-state index in [0.29, 0.717) is 0 Å². The second-order valence-corrected chi connectivity index (χ2v) is 7.08. The number of rotatable bonds is 5. The number of aromatic nitrogens is 4. The van der Waals surface area contributed by atoms with Crippen molar-refractivity contribution in [2.75, 3.05) is 0 Å². The molecule has 3 aromatic heterocycles. The number of halogens is 1. The zero-order chi connectivity index (χ0) is 17.1. The summed E-state index contributed by atoms with van der Waals surface area (Å²) >= 11 is 3.17. The van der Waals surface area contributed by atoms with Crippen molar-refractivity contribution in [3.8, 4) is 22.0 Å². The van der Waals surface area contributed by atoms with E-state index in [-0.39, 0.29) is 5.82 Å². The molecule has 0 unspecified atom stereocenters. The Morgan fingerprint density at radius 1 is 1.08 bits per heavy atom. The zero-order valence-electron chi connectivity index (χ0n) is 13.0. The Bertz CT molecular complexity index is 964. The van der Waals surface area contributed by atoms with E-state index in [4.69, 9.17) is 0 Å². The third kappa shape index (κ3) is 3.78. The van der Waals surface area contributed by atoms with Gasteiger partial charge in [-0.05, 0) is 42.0 Å². The summed E-state index contributed by atoms with van der Waals surface area (Å²) in [7, 11) is 0. The Labute approximate surface area is 152 Å². The molecule has 0 radical (unpaired) electrons. The van der Waals surface area contributed by atoms with Crippen LogP contribution in [0.2, 0.25) is 0 Å². The van der Waals surface area contributed by atoms with E-state index in [1.54, 1.807) is 47.6 Å². The van der Waals surface area contributed by atoms with Gasteiger partial charge in [-0.3, -0.25) is 4.98 Å². The molecule has 4 nitrogen and oxygen atoms in total. The molecule has 1 aromatic carbocycles. The van der Waals surface area contributed by atoms with Crippen LogP contribution in [0.1, 0.15) is 5.69 Å². The second kappa shape index (κ2) is 7.16. The Balaban J connectivity index is 1.42. The predicted molar refractivity (Wildman–Crippen MR) is 98.9 cm³/mol. The summed E-state index contributed by atoms with van der Waals surface area (Å²) in [5.74, 6) is 0.477. The average Bonchev–Trinajstić information content (AvgIpc) is 3.31.